The summed E-state index contributed by atoms with van der Waals surface area (Å²) in [6.07, 6.45) is 4.68. The Kier molecular flexibility index (Phi) is 3.14. The van der Waals surface area contributed by atoms with Gasteiger partial charge >= 0.3 is 0 Å². The molecule has 3 aliphatic heterocycles. The molecular weight excluding hydrogens is 284 g/mol. The molecule has 4 nitrogen and oxygen atoms in total. The van der Waals surface area contributed by atoms with Crippen LogP contribution < -0.4 is 5.32 Å². The highest BCUT2D eigenvalue weighted by Crippen LogP contribution is 2.44. The van der Waals surface area contributed by atoms with E-state index in [1.807, 2.05) is 6.92 Å². The lowest BCUT2D eigenvalue weighted by atomic mass is 9.92. The minimum atomic E-state index is -0.448. The summed E-state index contributed by atoms with van der Waals surface area (Å²) in [5.74, 6) is 0.240. The normalized spacial score (nSPS) is 42.2. The number of thiophene rings is 1. The third kappa shape index (κ3) is 1.98. The first-order valence-electron chi connectivity index (χ1n) is 7.92. The molecule has 5 atom stereocenters. The second-order valence-corrected chi connectivity index (χ2v) is 7.62. The van der Waals surface area contributed by atoms with E-state index in [1.54, 1.807) is 11.3 Å². The number of amides is 1. The molecule has 1 N–H and O–H groups in total. The van der Waals surface area contributed by atoms with Gasteiger partial charge in [-0.05, 0) is 44.1 Å². The van der Waals surface area contributed by atoms with Crippen LogP contribution in [0.25, 0.3) is 0 Å². The minimum Gasteiger partial charge on any atom is -0.373 e. The Hall–Kier alpha value is -0.910. The summed E-state index contributed by atoms with van der Waals surface area (Å²) in [5, 5.41) is 5.67. The van der Waals surface area contributed by atoms with Gasteiger partial charge in [0.15, 0.2) is 0 Å². The largest absolute Gasteiger partial charge is 0.373 e. The number of hydrogen-bond donors (Lipinski definition) is 1. The number of carbonyl (C=O) groups is 1. The van der Waals surface area contributed by atoms with Crippen molar-refractivity contribution >= 4 is 17.2 Å². The fraction of sp³-hybridized carbons (Fsp3) is 0.688. The Bertz CT molecular complexity index is 546. The van der Waals surface area contributed by atoms with Gasteiger partial charge in [0.2, 0.25) is 5.91 Å². The smallest absolute Gasteiger partial charge is 0.244 e. The summed E-state index contributed by atoms with van der Waals surface area (Å²) < 4.78 is 5.99. The number of hydrogen-bond acceptors (Lipinski definition) is 4. The molecule has 0 saturated carbocycles. The molecule has 1 amide bonds. The van der Waals surface area contributed by atoms with Gasteiger partial charge in [0, 0.05) is 4.88 Å². The molecular formula is C16H22N2O2S. The van der Waals surface area contributed by atoms with Crippen LogP contribution in [-0.2, 0) is 9.53 Å². The Morgan fingerprint density at radius 2 is 2.38 bits per heavy atom. The average molecular weight is 306 g/mol. The molecule has 3 fully saturated rings. The Morgan fingerprint density at radius 3 is 2.95 bits per heavy atom. The first kappa shape index (κ1) is 13.7. The fourth-order valence-electron chi connectivity index (χ4n) is 3.99. The second-order valence-electron chi connectivity index (χ2n) is 6.64. The van der Waals surface area contributed by atoms with Gasteiger partial charge in [0.25, 0.3) is 0 Å². The number of nitrogens with zero attached hydrogens (tertiary/aromatic N) is 1. The van der Waals surface area contributed by atoms with Crippen molar-refractivity contribution in [2.24, 2.45) is 0 Å². The third-order valence-electron chi connectivity index (χ3n) is 5.39. The minimum absolute atomic E-state index is 0.00963. The standard InChI is InChI=1S/C16H22N2O2S/c1-3-16(2)15(19)18(11-9-10-6-7-12(11)20-10)14(17-16)13-5-4-8-21-13/h4-5,8,10-12,14,17H,3,6-7,9H2,1-2H3. The van der Waals surface area contributed by atoms with Crippen molar-refractivity contribution in [3.63, 3.8) is 0 Å². The summed E-state index contributed by atoms with van der Waals surface area (Å²) in [5.41, 5.74) is -0.448. The first-order valence-corrected chi connectivity index (χ1v) is 8.79. The van der Waals surface area contributed by atoms with Gasteiger partial charge in [-0.15, -0.1) is 11.3 Å². The van der Waals surface area contributed by atoms with E-state index in [0.29, 0.717) is 6.10 Å². The quantitative estimate of drug-likeness (QED) is 0.933. The highest BCUT2D eigenvalue weighted by molar-refractivity contribution is 7.10. The van der Waals surface area contributed by atoms with E-state index in [-0.39, 0.29) is 24.2 Å². The van der Waals surface area contributed by atoms with Crippen molar-refractivity contribution in [3.05, 3.63) is 22.4 Å². The fourth-order valence-corrected chi connectivity index (χ4v) is 4.76. The molecule has 4 heterocycles. The number of rotatable bonds is 3. The molecule has 1 aromatic rings. The number of nitrogens with one attached hydrogen (secondary N) is 1. The van der Waals surface area contributed by atoms with Gasteiger partial charge in [-0.1, -0.05) is 13.0 Å². The van der Waals surface area contributed by atoms with Crippen LogP contribution in [0.1, 0.15) is 50.6 Å². The van der Waals surface area contributed by atoms with E-state index < -0.39 is 5.54 Å². The summed E-state index contributed by atoms with van der Waals surface area (Å²) in [6, 6.07) is 4.42. The Labute approximate surface area is 129 Å². The molecule has 3 aliphatic rings. The van der Waals surface area contributed by atoms with Gasteiger partial charge in [-0.2, -0.15) is 0 Å². The molecule has 3 saturated heterocycles. The zero-order chi connectivity index (χ0) is 14.6. The van der Waals surface area contributed by atoms with E-state index in [0.717, 1.165) is 25.7 Å². The average Bonchev–Trinajstić information content (AvgIpc) is 3.23. The molecule has 4 rings (SSSR count). The van der Waals surface area contributed by atoms with Crippen molar-refractivity contribution in [1.82, 2.24) is 10.2 Å². The molecule has 1 aromatic heterocycles. The molecule has 0 spiro atoms. The van der Waals surface area contributed by atoms with E-state index >= 15 is 0 Å². The first-order chi connectivity index (χ1) is 10.1. The molecule has 5 heteroatoms. The molecule has 0 radical (unpaired) electrons. The monoisotopic (exact) mass is 306 g/mol. The highest BCUT2D eigenvalue weighted by Gasteiger charge is 2.55. The second kappa shape index (κ2) is 4.80. The zero-order valence-corrected chi connectivity index (χ0v) is 13.4. The van der Waals surface area contributed by atoms with Crippen LogP contribution in [0.3, 0.4) is 0 Å². The Morgan fingerprint density at radius 1 is 1.52 bits per heavy atom. The predicted molar refractivity (Wildman–Crippen MR) is 82.0 cm³/mol. The molecule has 21 heavy (non-hydrogen) atoms. The van der Waals surface area contributed by atoms with Crippen LogP contribution in [0.4, 0.5) is 0 Å². The van der Waals surface area contributed by atoms with E-state index in [4.69, 9.17) is 4.74 Å². The van der Waals surface area contributed by atoms with Gasteiger partial charge in [0.1, 0.15) is 6.17 Å². The van der Waals surface area contributed by atoms with Crippen LogP contribution in [0.5, 0.6) is 0 Å². The van der Waals surface area contributed by atoms with Crippen LogP contribution in [-0.4, -0.2) is 34.6 Å². The highest BCUT2D eigenvalue weighted by atomic mass is 32.1. The van der Waals surface area contributed by atoms with Crippen LogP contribution in [0, 0.1) is 0 Å². The summed E-state index contributed by atoms with van der Waals surface area (Å²) in [7, 11) is 0. The number of carbonyl (C=O) groups excluding carboxylic acids is 1. The molecule has 0 aromatic carbocycles. The third-order valence-corrected chi connectivity index (χ3v) is 6.32. The van der Waals surface area contributed by atoms with Crippen molar-refractivity contribution in [2.75, 3.05) is 0 Å². The van der Waals surface area contributed by atoms with Crippen LogP contribution in [0.15, 0.2) is 17.5 Å². The van der Waals surface area contributed by atoms with E-state index in [2.05, 4.69) is 34.7 Å². The van der Waals surface area contributed by atoms with Gasteiger partial charge in [0.05, 0.1) is 23.8 Å². The zero-order valence-electron chi connectivity index (χ0n) is 12.5. The lowest BCUT2D eigenvalue weighted by Gasteiger charge is -2.33. The summed E-state index contributed by atoms with van der Waals surface area (Å²) in [4.78, 5) is 16.4. The SMILES string of the molecule is CCC1(C)NC(c2cccs2)N(C2CC3CCC2O3)C1=O. The van der Waals surface area contributed by atoms with Crippen LogP contribution in [0.2, 0.25) is 0 Å². The molecule has 5 unspecified atom stereocenters. The lowest BCUT2D eigenvalue weighted by molar-refractivity contribution is -0.136. The number of fused-ring (bicyclic) bond motifs is 2. The Balaban J connectivity index is 1.69. The van der Waals surface area contributed by atoms with Gasteiger partial charge < -0.3 is 9.64 Å². The molecule has 0 aliphatic carbocycles. The maximum atomic E-state index is 13.0. The molecule has 114 valence electrons. The van der Waals surface area contributed by atoms with Crippen molar-refractivity contribution in [1.29, 1.82) is 0 Å². The molecule has 2 bridgehead atoms. The maximum absolute atomic E-state index is 13.0. The van der Waals surface area contributed by atoms with E-state index in [9.17, 15) is 4.79 Å². The predicted octanol–water partition coefficient (Wildman–Crippen LogP) is 2.67. The van der Waals surface area contributed by atoms with E-state index in [1.165, 1.54) is 4.88 Å². The summed E-state index contributed by atoms with van der Waals surface area (Å²) >= 11 is 1.72. The van der Waals surface area contributed by atoms with Gasteiger partial charge in [-0.3, -0.25) is 10.1 Å². The topological polar surface area (TPSA) is 41.6 Å². The maximum Gasteiger partial charge on any atom is 0.244 e. The van der Waals surface area contributed by atoms with Crippen molar-refractivity contribution in [3.8, 4) is 0 Å². The van der Waals surface area contributed by atoms with Crippen molar-refractivity contribution < 1.29 is 9.53 Å². The number of ether oxygens (including phenoxy) is 1. The summed E-state index contributed by atoms with van der Waals surface area (Å²) in [6.45, 7) is 4.11. The van der Waals surface area contributed by atoms with Gasteiger partial charge in [-0.25, -0.2) is 0 Å². The lowest BCUT2D eigenvalue weighted by Crippen LogP contribution is -2.47. The van der Waals surface area contributed by atoms with Crippen LogP contribution >= 0.6 is 11.3 Å². The van der Waals surface area contributed by atoms with Crippen molar-refractivity contribution in [2.45, 2.75) is 69.5 Å².